The SMILES string of the molecule is CCCCOc1ccc(C(O)=C2C(=O)C(=O)N(CCCN(C)C)[C@@H]2c2ccc(Cl)c(Cl)c2)cc1C. The number of nitrogens with zero attached hydrogens (tertiary/aromatic N) is 2. The highest BCUT2D eigenvalue weighted by Gasteiger charge is 2.46. The topological polar surface area (TPSA) is 70.1 Å². The molecule has 1 amide bonds. The molecule has 8 heteroatoms. The number of Topliss-reactive ketones (excluding diaryl/α,β-unsaturated/α-hetero) is 1. The summed E-state index contributed by atoms with van der Waals surface area (Å²) in [5, 5.41) is 12.0. The van der Waals surface area contributed by atoms with Crippen molar-refractivity contribution in [2.75, 3.05) is 33.8 Å². The normalized spacial score (nSPS) is 17.5. The van der Waals surface area contributed by atoms with Crippen molar-refractivity contribution in [3.8, 4) is 5.75 Å². The number of aryl methyl sites for hydroxylation is 1. The second kappa shape index (κ2) is 11.9. The van der Waals surface area contributed by atoms with E-state index in [1.54, 1.807) is 36.4 Å². The highest BCUT2D eigenvalue weighted by atomic mass is 35.5. The van der Waals surface area contributed by atoms with Crippen LogP contribution in [0.4, 0.5) is 0 Å². The Kier molecular flexibility index (Phi) is 9.22. The number of hydrogen-bond acceptors (Lipinski definition) is 5. The minimum absolute atomic E-state index is 0.0392. The summed E-state index contributed by atoms with van der Waals surface area (Å²) in [5.74, 6) is -0.861. The van der Waals surface area contributed by atoms with Gasteiger partial charge in [-0.15, -0.1) is 0 Å². The Morgan fingerprint density at radius 1 is 1.09 bits per heavy atom. The second-order valence-electron chi connectivity index (χ2n) is 9.01. The molecule has 6 nitrogen and oxygen atoms in total. The van der Waals surface area contributed by atoms with E-state index in [1.165, 1.54) is 4.90 Å². The first-order valence-corrected chi connectivity index (χ1v) is 12.5. The van der Waals surface area contributed by atoms with E-state index in [-0.39, 0.29) is 11.3 Å². The predicted octanol–water partition coefficient (Wildman–Crippen LogP) is 5.85. The zero-order valence-electron chi connectivity index (χ0n) is 20.6. The molecule has 2 aromatic carbocycles. The summed E-state index contributed by atoms with van der Waals surface area (Å²) < 4.78 is 5.81. The summed E-state index contributed by atoms with van der Waals surface area (Å²) in [4.78, 5) is 29.8. The summed E-state index contributed by atoms with van der Waals surface area (Å²) in [6.07, 6.45) is 2.64. The summed E-state index contributed by atoms with van der Waals surface area (Å²) in [5.41, 5.74) is 1.93. The first-order chi connectivity index (χ1) is 16.6. The molecular formula is C27H32Cl2N2O4. The molecule has 35 heavy (non-hydrogen) atoms. The van der Waals surface area contributed by atoms with E-state index >= 15 is 0 Å². The molecule has 0 aliphatic carbocycles. The number of likely N-dealkylation sites (tertiary alicyclic amines) is 1. The van der Waals surface area contributed by atoms with Crippen LogP contribution in [-0.2, 0) is 9.59 Å². The number of benzene rings is 2. The van der Waals surface area contributed by atoms with Crippen molar-refractivity contribution in [1.82, 2.24) is 9.80 Å². The lowest BCUT2D eigenvalue weighted by Crippen LogP contribution is -2.32. The second-order valence-corrected chi connectivity index (χ2v) is 9.82. The molecular weight excluding hydrogens is 487 g/mol. The van der Waals surface area contributed by atoms with Gasteiger partial charge in [0.25, 0.3) is 11.7 Å². The fourth-order valence-corrected chi connectivity index (χ4v) is 4.44. The third-order valence-corrected chi connectivity index (χ3v) is 6.75. The highest BCUT2D eigenvalue weighted by molar-refractivity contribution is 6.46. The largest absolute Gasteiger partial charge is 0.507 e. The summed E-state index contributed by atoms with van der Waals surface area (Å²) >= 11 is 12.4. The molecule has 0 radical (unpaired) electrons. The van der Waals surface area contributed by atoms with Crippen molar-refractivity contribution < 1.29 is 19.4 Å². The van der Waals surface area contributed by atoms with Crippen LogP contribution < -0.4 is 4.74 Å². The molecule has 0 aromatic heterocycles. The molecule has 1 aliphatic heterocycles. The fourth-order valence-electron chi connectivity index (χ4n) is 4.14. The average molecular weight is 519 g/mol. The number of amides is 1. The monoisotopic (exact) mass is 518 g/mol. The minimum atomic E-state index is -0.771. The third kappa shape index (κ3) is 6.18. The molecule has 2 aromatic rings. The Morgan fingerprint density at radius 3 is 2.46 bits per heavy atom. The van der Waals surface area contributed by atoms with Crippen LogP contribution in [-0.4, -0.2) is 60.4 Å². The maximum absolute atomic E-state index is 13.2. The van der Waals surface area contributed by atoms with Crippen molar-refractivity contribution in [1.29, 1.82) is 0 Å². The lowest BCUT2D eigenvalue weighted by molar-refractivity contribution is -0.139. The smallest absolute Gasteiger partial charge is 0.295 e. The Morgan fingerprint density at radius 2 is 1.83 bits per heavy atom. The molecule has 188 valence electrons. The van der Waals surface area contributed by atoms with Gasteiger partial charge in [0.05, 0.1) is 28.3 Å². The predicted molar refractivity (Wildman–Crippen MR) is 140 cm³/mol. The van der Waals surface area contributed by atoms with Gasteiger partial charge in [0.15, 0.2) is 0 Å². The number of rotatable bonds is 10. The van der Waals surface area contributed by atoms with Gasteiger partial charge < -0.3 is 19.6 Å². The lowest BCUT2D eigenvalue weighted by Gasteiger charge is -2.26. The van der Waals surface area contributed by atoms with Crippen LogP contribution in [0.15, 0.2) is 42.0 Å². The zero-order chi connectivity index (χ0) is 25.7. The van der Waals surface area contributed by atoms with Crippen molar-refractivity contribution in [2.24, 2.45) is 0 Å². The Balaban J connectivity index is 2.05. The van der Waals surface area contributed by atoms with E-state index in [0.717, 1.165) is 30.7 Å². The fraction of sp³-hybridized carbons (Fsp3) is 0.407. The van der Waals surface area contributed by atoms with E-state index in [2.05, 4.69) is 6.92 Å². The van der Waals surface area contributed by atoms with Crippen molar-refractivity contribution in [3.05, 3.63) is 68.7 Å². The van der Waals surface area contributed by atoms with Crippen molar-refractivity contribution in [2.45, 2.75) is 39.2 Å². The van der Waals surface area contributed by atoms with Gasteiger partial charge in [-0.1, -0.05) is 42.6 Å². The van der Waals surface area contributed by atoms with Gasteiger partial charge in [0, 0.05) is 12.1 Å². The summed E-state index contributed by atoms with van der Waals surface area (Å²) in [6.45, 7) is 5.69. The Bertz CT molecular complexity index is 1130. The van der Waals surface area contributed by atoms with Gasteiger partial charge in [0.2, 0.25) is 0 Å². The molecule has 0 unspecified atom stereocenters. The standard InChI is InChI=1S/C27H32Cl2N2O4/c1-5-6-14-35-22-11-9-19(15-17(22)2)25(32)23-24(18-8-10-20(28)21(29)16-18)31(27(34)26(23)33)13-7-12-30(3)4/h8-11,15-16,24,32H,5-7,12-14H2,1-4H3/t24-/m1/s1. The van der Waals surface area contributed by atoms with E-state index in [4.69, 9.17) is 27.9 Å². The molecule has 1 atom stereocenters. The van der Waals surface area contributed by atoms with Gasteiger partial charge in [-0.05, 0) is 81.9 Å². The van der Waals surface area contributed by atoms with E-state index in [0.29, 0.717) is 40.7 Å². The number of hydrogen-bond donors (Lipinski definition) is 1. The van der Waals surface area contributed by atoms with Gasteiger partial charge >= 0.3 is 0 Å². The minimum Gasteiger partial charge on any atom is -0.507 e. The number of ether oxygens (including phenoxy) is 1. The summed E-state index contributed by atoms with van der Waals surface area (Å²) in [7, 11) is 3.89. The molecule has 1 N–H and O–H groups in total. The maximum atomic E-state index is 13.2. The van der Waals surface area contributed by atoms with Crippen LogP contribution >= 0.6 is 23.2 Å². The van der Waals surface area contributed by atoms with E-state index < -0.39 is 17.7 Å². The Hall–Kier alpha value is -2.54. The van der Waals surface area contributed by atoms with Gasteiger partial charge in [-0.2, -0.15) is 0 Å². The van der Waals surface area contributed by atoms with E-state index in [1.807, 2.05) is 25.9 Å². The third-order valence-electron chi connectivity index (χ3n) is 6.01. The quantitative estimate of drug-likeness (QED) is 0.185. The van der Waals surface area contributed by atoms with Gasteiger partial charge in [-0.25, -0.2) is 0 Å². The number of aliphatic hydroxyl groups excluding tert-OH is 1. The van der Waals surface area contributed by atoms with Crippen LogP contribution in [0.1, 0.15) is 48.9 Å². The van der Waals surface area contributed by atoms with Crippen molar-refractivity contribution >= 4 is 40.7 Å². The van der Waals surface area contributed by atoms with Gasteiger partial charge in [-0.3, -0.25) is 9.59 Å². The van der Waals surface area contributed by atoms with Crippen LogP contribution in [0.5, 0.6) is 5.75 Å². The molecule has 0 saturated carbocycles. The maximum Gasteiger partial charge on any atom is 0.295 e. The first kappa shape index (κ1) is 27.1. The molecule has 0 spiro atoms. The van der Waals surface area contributed by atoms with Crippen LogP contribution in [0.2, 0.25) is 10.0 Å². The van der Waals surface area contributed by atoms with Crippen LogP contribution in [0.3, 0.4) is 0 Å². The number of unbranched alkanes of at least 4 members (excludes halogenated alkanes) is 1. The molecule has 1 saturated heterocycles. The Labute approximate surface area is 217 Å². The number of carbonyl (C=O) groups is 2. The molecule has 1 fully saturated rings. The summed E-state index contributed by atoms with van der Waals surface area (Å²) in [6, 6.07) is 9.48. The molecule has 3 rings (SSSR count). The molecule has 0 bridgehead atoms. The lowest BCUT2D eigenvalue weighted by atomic mass is 9.94. The van der Waals surface area contributed by atoms with E-state index in [9.17, 15) is 14.7 Å². The molecule has 1 aliphatic rings. The number of carbonyl (C=O) groups excluding carboxylic acids is 2. The first-order valence-electron chi connectivity index (χ1n) is 11.8. The van der Waals surface area contributed by atoms with Gasteiger partial charge in [0.1, 0.15) is 11.5 Å². The average Bonchev–Trinajstić information content (AvgIpc) is 3.06. The van der Waals surface area contributed by atoms with Crippen LogP contribution in [0.25, 0.3) is 5.76 Å². The van der Waals surface area contributed by atoms with Crippen LogP contribution in [0, 0.1) is 6.92 Å². The number of aliphatic hydroxyl groups is 1. The molecule has 1 heterocycles. The zero-order valence-corrected chi connectivity index (χ0v) is 22.1. The number of ketones is 1. The highest BCUT2D eigenvalue weighted by Crippen LogP contribution is 2.41. The number of halogens is 2. The van der Waals surface area contributed by atoms with Crippen molar-refractivity contribution in [3.63, 3.8) is 0 Å².